The first-order valence-corrected chi connectivity index (χ1v) is 11.5. The van der Waals surface area contributed by atoms with Gasteiger partial charge in [-0.15, -0.1) is 0 Å². The highest BCUT2D eigenvalue weighted by atomic mass is 32.2. The average molecular weight is 413 g/mol. The van der Waals surface area contributed by atoms with Crippen LogP contribution in [0.2, 0.25) is 0 Å². The number of benzene rings is 1. The first-order chi connectivity index (χ1) is 13.4. The van der Waals surface area contributed by atoms with Crippen molar-refractivity contribution >= 4 is 21.7 Å². The van der Waals surface area contributed by atoms with Crippen molar-refractivity contribution < 1.29 is 17.9 Å². The van der Waals surface area contributed by atoms with Gasteiger partial charge in [0, 0.05) is 51.0 Å². The molecule has 0 unspecified atom stereocenters. The second kappa shape index (κ2) is 11.2. The van der Waals surface area contributed by atoms with Crippen LogP contribution in [0.15, 0.2) is 29.3 Å². The molecule has 1 fully saturated rings. The van der Waals surface area contributed by atoms with E-state index in [4.69, 9.17) is 9.47 Å². The van der Waals surface area contributed by atoms with E-state index in [1.54, 1.807) is 11.4 Å². The summed E-state index contributed by atoms with van der Waals surface area (Å²) < 4.78 is 36.1. The maximum atomic E-state index is 11.9. The van der Waals surface area contributed by atoms with Gasteiger partial charge in [0.1, 0.15) is 5.75 Å². The fraction of sp³-hybridized carbons (Fsp3) is 0.632. The molecule has 2 N–H and O–H groups in total. The number of rotatable bonds is 10. The zero-order valence-corrected chi connectivity index (χ0v) is 17.8. The number of nitrogens with zero attached hydrogens (tertiary/aromatic N) is 2. The molecule has 0 radical (unpaired) electrons. The number of sulfonamides is 1. The summed E-state index contributed by atoms with van der Waals surface area (Å²) in [6, 6.07) is 7.59. The number of ether oxygens (including phenoxy) is 2. The quantitative estimate of drug-likeness (QED) is 0.346. The summed E-state index contributed by atoms with van der Waals surface area (Å²) in [5, 5.41) is 6.47. The summed E-state index contributed by atoms with van der Waals surface area (Å²) in [5.41, 5.74) is 0.857. The number of guanidine groups is 1. The highest BCUT2D eigenvalue weighted by Gasteiger charge is 2.31. The number of anilines is 1. The second-order valence-corrected chi connectivity index (χ2v) is 8.67. The van der Waals surface area contributed by atoms with Crippen LogP contribution in [-0.4, -0.2) is 70.9 Å². The molecule has 0 aliphatic carbocycles. The van der Waals surface area contributed by atoms with Crippen LogP contribution in [0, 0.1) is 0 Å². The molecule has 1 aromatic rings. The Morgan fingerprint density at radius 1 is 1.36 bits per heavy atom. The summed E-state index contributed by atoms with van der Waals surface area (Å²) in [6.07, 6.45) is 3.80. The third-order valence-corrected chi connectivity index (χ3v) is 5.74. The Balaban J connectivity index is 1.99. The predicted octanol–water partition coefficient (Wildman–Crippen LogP) is 1.90. The highest BCUT2D eigenvalue weighted by molar-refractivity contribution is 7.88. The van der Waals surface area contributed by atoms with E-state index >= 15 is 0 Å². The molecule has 2 rings (SSSR count). The van der Waals surface area contributed by atoms with Crippen molar-refractivity contribution in [1.29, 1.82) is 0 Å². The molecule has 8 nitrogen and oxygen atoms in total. The Morgan fingerprint density at radius 2 is 2.18 bits per heavy atom. The first-order valence-electron chi connectivity index (χ1n) is 9.68. The third kappa shape index (κ3) is 7.29. The maximum absolute atomic E-state index is 11.9. The molecular formula is C19H32N4O4S. The number of hydrogen-bond acceptors (Lipinski definition) is 5. The summed E-state index contributed by atoms with van der Waals surface area (Å²) in [5.74, 6) is 1.40. The van der Waals surface area contributed by atoms with Crippen LogP contribution in [-0.2, 0) is 14.8 Å². The van der Waals surface area contributed by atoms with Crippen LogP contribution in [0.1, 0.15) is 26.2 Å². The van der Waals surface area contributed by atoms with Crippen LogP contribution < -0.4 is 15.4 Å². The number of hydrogen-bond donors (Lipinski definition) is 2. The van der Waals surface area contributed by atoms with E-state index in [9.17, 15) is 8.42 Å². The fourth-order valence-corrected chi connectivity index (χ4v) is 4.30. The molecular weight excluding hydrogens is 380 g/mol. The smallest absolute Gasteiger partial charge is 0.211 e. The van der Waals surface area contributed by atoms with Crippen molar-refractivity contribution in [3.05, 3.63) is 24.3 Å². The van der Waals surface area contributed by atoms with Gasteiger partial charge in [-0.25, -0.2) is 8.42 Å². The Labute approximate surface area is 168 Å². The molecule has 1 aliphatic heterocycles. The molecule has 28 heavy (non-hydrogen) atoms. The lowest BCUT2D eigenvalue weighted by Gasteiger charge is -2.21. The monoisotopic (exact) mass is 412 g/mol. The average Bonchev–Trinajstić information content (AvgIpc) is 3.13. The maximum Gasteiger partial charge on any atom is 0.211 e. The zero-order chi connectivity index (χ0) is 20.4. The minimum absolute atomic E-state index is 0.0825. The topological polar surface area (TPSA) is 92.3 Å². The van der Waals surface area contributed by atoms with Gasteiger partial charge in [-0.05, 0) is 31.9 Å². The van der Waals surface area contributed by atoms with Gasteiger partial charge in [0.05, 0.1) is 19.4 Å². The summed E-state index contributed by atoms with van der Waals surface area (Å²) >= 11 is 0. The van der Waals surface area contributed by atoms with E-state index in [1.165, 1.54) is 6.26 Å². The fourth-order valence-electron chi connectivity index (χ4n) is 3.13. The summed E-state index contributed by atoms with van der Waals surface area (Å²) in [4.78, 5) is 4.60. The Hall–Kier alpha value is -1.84. The third-order valence-electron chi connectivity index (χ3n) is 4.41. The van der Waals surface area contributed by atoms with Crippen LogP contribution >= 0.6 is 0 Å². The number of methoxy groups -OCH3 is 1. The molecule has 1 atom stereocenters. The van der Waals surface area contributed by atoms with Gasteiger partial charge < -0.3 is 20.1 Å². The summed E-state index contributed by atoms with van der Waals surface area (Å²) in [7, 11) is -1.52. The predicted molar refractivity (Wildman–Crippen MR) is 113 cm³/mol. The minimum atomic E-state index is -3.19. The van der Waals surface area contributed by atoms with Crippen LogP contribution in [0.4, 0.5) is 5.69 Å². The zero-order valence-electron chi connectivity index (χ0n) is 17.0. The summed E-state index contributed by atoms with van der Waals surface area (Å²) in [6.45, 7) is 4.96. The van der Waals surface area contributed by atoms with Gasteiger partial charge in [-0.2, -0.15) is 4.31 Å². The van der Waals surface area contributed by atoms with E-state index in [0.717, 1.165) is 30.7 Å². The molecule has 1 aromatic carbocycles. The Bertz CT molecular complexity index is 739. The van der Waals surface area contributed by atoms with Crippen LogP contribution in [0.5, 0.6) is 5.75 Å². The van der Waals surface area contributed by atoms with Gasteiger partial charge in [0.2, 0.25) is 10.0 Å². The molecule has 0 amide bonds. The van der Waals surface area contributed by atoms with E-state index in [0.29, 0.717) is 38.8 Å². The van der Waals surface area contributed by atoms with E-state index in [-0.39, 0.29) is 6.04 Å². The SMILES string of the molecule is CCNC(=NC[C@H]1CCCN1S(C)(=O)=O)Nc1cccc(OCCCOC)c1. The molecule has 1 saturated heterocycles. The van der Waals surface area contributed by atoms with Gasteiger partial charge in [-0.1, -0.05) is 6.07 Å². The van der Waals surface area contributed by atoms with Crippen molar-refractivity contribution in [2.45, 2.75) is 32.2 Å². The van der Waals surface area contributed by atoms with E-state index in [2.05, 4.69) is 15.6 Å². The van der Waals surface area contributed by atoms with Gasteiger partial charge in [0.15, 0.2) is 5.96 Å². The normalized spacial score (nSPS) is 18.2. The van der Waals surface area contributed by atoms with E-state index in [1.807, 2.05) is 31.2 Å². The molecule has 0 saturated carbocycles. The largest absolute Gasteiger partial charge is 0.493 e. The molecule has 0 spiro atoms. The lowest BCUT2D eigenvalue weighted by molar-refractivity contribution is 0.172. The van der Waals surface area contributed by atoms with E-state index < -0.39 is 10.0 Å². The van der Waals surface area contributed by atoms with Crippen molar-refractivity contribution in [2.75, 3.05) is 51.5 Å². The van der Waals surface area contributed by atoms with Crippen LogP contribution in [0.25, 0.3) is 0 Å². The Morgan fingerprint density at radius 3 is 2.89 bits per heavy atom. The van der Waals surface area contributed by atoms with Gasteiger partial charge in [0.25, 0.3) is 0 Å². The molecule has 0 aromatic heterocycles. The lowest BCUT2D eigenvalue weighted by atomic mass is 10.2. The molecule has 0 bridgehead atoms. The number of nitrogens with one attached hydrogen (secondary N) is 2. The molecule has 1 heterocycles. The van der Waals surface area contributed by atoms with Gasteiger partial charge >= 0.3 is 0 Å². The Kier molecular flexibility index (Phi) is 9.01. The second-order valence-electron chi connectivity index (χ2n) is 6.74. The van der Waals surface area contributed by atoms with Crippen molar-refractivity contribution in [2.24, 2.45) is 4.99 Å². The molecule has 158 valence electrons. The number of aliphatic imine (C=N–C) groups is 1. The molecule has 9 heteroatoms. The van der Waals surface area contributed by atoms with Crippen molar-refractivity contribution in [3.63, 3.8) is 0 Å². The first kappa shape index (κ1) is 22.4. The molecule has 1 aliphatic rings. The standard InChI is InChI=1S/C19H32N4O4S/c1-4-20-19(21-15-17-9-6-11-23(17)28(3,24)25)22-16-8-5-10-18(14-16)27-13-7-12-26-2/h5,8,10,14,17H,4,6-7,9,11-13,15H2,1-3H3,(H2,20,21,22)/t17-/m1/s1. The van der Waals surface area contributed by atoms with Crippen molar-refractivity contribution in [3.8, 4) is 5.75 Å². The van der Waals surface area contributed by atoms with Gasteiger partial charge in [-0.3, -0.25) is 4.99 Å². The minimum Gasteiger partial charge on any atom is -0.493 e. The lowest BCUT2D eigenvalue weighted by Crippen LogP contribution is -2.38. The van der Waals surface area contributed by atoms with Crippen molar-refractivity contribution in [1.82, 2.24) is 9.62 Å². The highest BCUT2D eigenvalue weighted by Crippen LogP contribution is 2.21. The van der Waals surface area contributed by atoms with Crippen LogP contribution in [0.3, 0.4) is 0 Å².